The molecular formula is C21H17ClF2O5S2. The lowest BCUT2D eigenvalue weighted by Gasteiger charge is -2.16. The monoisotopic (exact) mass is 486 g/mol. The smallest absolute Gasteiger partial charge is 0.428 e. The summed E-state index contributed by atoms with van der Waals surface area (Å²) < 4.78 is 56.7. The Labute approximate surface area is 186 Å². The summed E-state index contributed by atoms with van der Waals surface area (Å²) in [6, 6.07) is 31.2. The number of carbonyl (C=O) groups excluding carboxylic acids is 1. The first kappa shape index (κ1) is 24.8. The van der Waals surface area contributed by atoms with E-state index in [0.29, 0.717) is 0 Å². The normalized spacial score (nSPS) is 11.4. The van der Waals surface area contributed by atoms with E-state index in [-0.39, 0.29) is 10.9 Å². The van der Waals surface area contributed by atoms with Gasteiger partial charge in [0.25, 0.3) is 0 Å². The number of esters is 1. The summed E-state index contributed by atoms with van der Waals surface area (Å²) in [7, 11) is -6.05. The van der Waals surface area contributed by atoms with E-state index in [2.05, 4.69) is 107 Å². The molecule has 0 saturated carbocycles. The largest absolute Gasteiger partial charge is 0.743 e. The average molecular weight is 487 g/mol. The Bertz CT molecular complexity index is 973. The van der Waals surface area contributed by atoms with Crippen LogP contribution < -0.4 is 0 Å². The molecule has 0 fully saturated rings. The summed E-state index contributed by atoms with van der Waals surface area (Å²) in [5, 5.41) is -5.08. The zero-order chi connectivity index (χ0) is 22.9. The summed E-state index contributed by atoms with van der Waals surface area (Å²) in [5.74, 6) is -2.48. The Morgan fingerprint density at radius 1 is 0.839 bits per heavy atom. The highest BCUT2D eigenvalue weighted by Crippen LogP contribution is 2.30. The highest BCUT2D eigenvalue weighted by Gasteiger charge is 2.48. The van der Waals surface area contributed by atoms with Crippen LogP contribution >= 0.6 is 11.6 Å². The molecule has 0 aliphatic carbocycles. The minimum absolute atomic E-state index is 0.0146. The van der Waals surface area contributed by atoms with Crippen LogP contribution in [0.15, 0.2) is 106 Å². The summed E-state index contributed by atoms with van der Waals surface area (Å²) in [6.07, 6.45) is 0. The van der Waals surface area contributed by atoms with Crippen molar-refractivity contribution in [1.29, 1.82) is 0 Å². The molecule has 0 heterocycles. The van der Waals surface area contributed by atoms with Gasteiger partial charge in [-0.3, -0.25) is 0 Å². The molecule has 0 aromatic heterocycles. The second-order valence-corrected chi connectivity index (χ2v) is 9.42. The minimum atomic E-state index is -6.04. The van der Waals surface area contributed by atoms with Crippen LogP contribution in [0.4, 0.5) is 8.78 Å². The number of hydrogen-bond acceptors (Lipinski definition) is 5. The second-order valence-electron chi connectivity index (χ2n) is 5.76. The van der Waals surface area contributed by atoms with Gasteiger partial charge in [-0.1, -0.05) is 66.2 Å². The summed E-state index contributed by atoms with van der Waals surface area (Å²) >= 11 is 4.68. The van der Waals surface area contributed by atoms with E-state index in [1.54, 1.807) is 0 Å². The van der Waals surface area contributed by atoms with Crippen molar-refractivity contribution < 1.29 is 31.3 Å². The van der Waals surface area contributed by atoms with Crippen LogP contribution in [0.2, 0.25) is 0 Å². The summed E-state index contributed by atoms with van der Waals surface area (Å²) in [6.45, 7) is 0. The van der Waals surface area contributed by atoms with Crippen LogP contribution in [0, 0.1) is 0 Å². The Balaban J connectivity index is 0.000000248. The lowest BCUT2D eigenvalue weighted by molar-refractivity contribution is -0.159. The zero-order valence-electron chi connectivity index (χ0n) is 15.9. The molecule has 3 aromatic rings. The number of rotatable bonds is 6. The van der Waals surface area contributed by atoms with Gasteiger partial charge in [0.2, 0.25) is 0 Å². The van der Waals surface area contributed by atoms with E-state index < -0.39 is 27.4 Å². The fourth-order valence-electron chi connectivity index (χ4n) is 2.31. The first-order valence-electron chi connectivity index (χ1n) is 8.64. The third-order valence-corrected chi connectivity index (χ3v) is 6.81. The highest BCUT2D eigenvalue weighted by molar-refractivity contribution is 7.97. The quantitative estimate of drug-likeness (QED) is 0.219. The predicted octanol–water partition coefficient (Wildman–Crippen LogP) is 4.65. The standard InChI is InChI=1S/C18H15S.C3H3ClF2O5S/c1-4-10-16(11-5-1)19(17-12-6-2-7-13-17)18-14-8-3-9-15-18;4-1-11-2(7)3(5,6)12(8,9)10/h1-15H;1H2,(H,8,9,10)/q+1;/p-1. The van der Waals surface area contributed by atoms with Crippen molar-refractivity contribution in [2.75, 3.05) is 6.07 Å². The van der Waals surface area contributed by atoms with Gasteiger partial charge in [-0.2, -0.15) is 8.78 Å². The van der Waals surface area contributed by atoms with Crippen molar-refractivity contribution in [3.8, 4) is 0 Å². The van der Waals surface area contributed by atoms with Crippen molar-refractivity contribution >= 4 is 38.6 Å². The van der Waals surface area contributed by atoms with E-state index in [0.717, 1.165) is 0 Å². The SMILES string of the molecule is O=C(OCCl)C(F)(F)S(=O)(=O)[O-].c1ccc([S+](c2ccccc2)c2ccccc2)cc1. The summed E-state index contributed by atoms with van der Waals surface area (Å²) in [5.41, 5.74) is 0. The van der Waals surface area contributed by atoms with E-state index in [1.807, 2.05) is 0 Å². The number of alkyl halides is 3. The van der Waals surface area contributed by atoms with E-state index in [9.17, 15) is 26.5 Å². The number of halogens is 3. The molecule has 3 rings (SSSR count). The Hall–Kier alpha value is -2.46. The molecule has 0 radical (unpaired) electrons. The molecule has 0 N–H and O–H groups in total. The van der Waals surface area contributed by atoms with Crippen molar-refractivity contribution in [2.45, 2.75) is 19.9 Å². The molecule has 10 heteroatoms. The third kappa shape index (κ3) is 6.76. The van der Waals surface area contributed by atoms with Gasteiger partial charge in [0.15, 0.2) is 30.9 Å². The Morgan fingerprint density at radius 2 is 1.16 bits per heavy atom. The fraction of sp³-hybridized carbons (Fsp3) is 0.0952. The molecule has 164 valence electrons. The molecular weight excluding hydrogens is 470 g/mol. The minimum Gasteiger partial charge on any atom is -0.743 e. The number of benzene rings is 3. The van der Waals surface area contributed by atoms with Crippen LogP contribution in [0.25, 0.3) is 0 Å². The van der Waals surface area contributed by atoms with Crippen LogP contribution in [0.3, 0.4) is 0 Å². The highest BCUT2D eigenvalue weighted by atomic mass is 35.5. The predicted molar refractivity (Wildman–Crippen MR) is 113 cm³/mol. The van der Waals surface area contributed by atoms with E-state index >= 15 is 0 Å². The lowest BCUT2D eigenvalue weighted by atomic mass is 10.4. The van der Waals surface area contributed by atoms with Crippen LogP contribution in [0.5, 0.6) is 0 Å². The number of carbonyl (C=O) groups is 1. The van der Waals surface area contributed by atoms with Gasteiger partial charge in [-0.25, -0.2) is 13.2 Å². The van der Waals surface area contributed by atoms with Gasteiger partial charge in [0, 0.05) is 0 Å². The van der Waals surface area contributed by atoms with Crippen molar-refractivity contribution in [2.24, 2.45) is 0 Å². The van der Waals surface area contributed by atoms with E-state index in [1.165, 1.54) is 14.7 Å². The van der Waals surface area contributed by atoms with Crippen LogP contribution in [-0.2, 0) is 30.5 Å². The molecule has 0 aliphatic rings. The maximum atomic E-state index is 12.1. The molecule has 0 atom stereocenters. The molecule has 0 amide bonds. The zero-order valence-corrected chi connectivity index (χ0v) is 18.2. The van der Waals surface area contributed by atoms with Gasteiger partial charge in [0.1, 0.15) is 0 Å². The lowest BCUT2D eigenvalue weighted by Crippen LogP contribution is -2.38. The Morgan fingerprint density at radius 3 is 1.42 bits per heavy atom. The van der Waals surface area contributed by atoms with Crippen LogP contribution in [0.1, 0.15) is 0 Å². The van der Waals surface area contributed by atoms with Gasteiger partial charge in [-0.15, -0.1) is 0 Å². The number of ether oxygens (including phenoxy) is 1. The first-order chi connectivity index (χ1) is 14.7. The molecule has 0 unspecified atom stereocenters. The molecule has 0 aliphatic heterocycles. The van der Waals surface area contributed by atoms with Crippen molar-refractivity contribution in [1.82, 2.24) is 0 Å². The van der Waals surface area contributed by atoms with Gasteiger partial charge in [-0.05, 0) is 36.4 Å². The molecule has 31 heavy (non-hydrogen) atoms. The van der Waals surface area contributed by atoms with Gasteiger partial charge in [0.05, 0.1) is 10.9 Å². The van der Waals surface area contributed by atoms with E-state index in [4.69, 9.17) is 0 Å². The molecule has 0 saturated heterocycles. The maximum absolute atomic E-state index is 12.1. The fourth-order valence-corrected chi connectivity index (χ4v) is 4.78. The molecule has 0 spiro atoms. The average Bonchev–Trinajstić information content (AvgIpc) is 2.76. The summed E-state index contributed by atoms with van der Waals surface area (Å²) in [4.78, 5) is 14.2. The molecule has 0 bridgehead atoms. The van der Waals surface area contributed by atoms with Crippen LogP contribution in [-0.4, -0.2) is 30.3 Å². The topological polar surface area (TPSA) is 83.5 Å². The van der Waals surface area contributed by atoms with Crippen molar-refractivity contribution in [3.63, 3.8) is 0 Å². The molecule has 3 aromatic carbocycles. The van der Waals surface area contributed by atoms with Crippen molar-refractivity contribution in [3.05, 3.63) is 91.0 Å². The first-order valence-corrected chi connectivity index (χ1v) is 11.8. The Kier molecular flexibility index (Phi) is 9.00. The second kappa shape index (κ2) is 11.2. The third-order valence-electron chi connectivity index (χ3n) is 3.67. The van der Waals surface area contributed by atoms with Gasteiger partial charge < -0.3 is 9.29 Å². The van der Waals surface area contributed by atoms with Gasteiger partial charge >= 0.3 is 11.2 Å². The number of hydrogen-bond donors (Lipinski definition) is 0. The maximum Gasteiger partial charge on any atom is 0.428 e. The molecule has 5 nitrogen and oxygen atoms in total.